The molecule has 1 aromatic rings. The molecule has 2 fully saturated rings. The number of nitrogens with zero attached hydrogens (tertiary/aromatic N) is 2. The summed E-state index contributed by atoms with van der Waals surface area (Å²) < 4.78 is 24.7. The molecule has 1 atom stereocenters. The van der Waals surface area contributed by atoms with E-state index in [1.165, 1.54) is 9.80 Å². The van der Waals surface area contributed by atoms with Crippen LogP contribution in [0.5, 0.6) is 0 Å². The molecule has 136 valence electrons. The van der Waals surface area contributed by atoms with Crippen LogP contribution < -0.4 is 4.90 Å². The molecule has 0 radical (unpaired) electrons. The molecule has 2 amide bonds. The molecule has 0 N–H and O–H groups in total. The Bertz CT molecular complexity index is 1020. The van der Waals surface area contributed by atoms with Gasteiger partial charge in [-0.3, -0.25) is 14.5 Å². The Kier molecular flexibility index (Phi) is 4.29. The summed E-state index contributed by atoms with van der Waals surface area (Å²) in [6.45, 7) is 0. The predicted octanol–water partition coefficient (Wildman–Crippen LogP) is 2.18. The lowest BCUT2D eigenvalue weighted by molar-refractivity contribution is -0.123. The minimum absolute atomic E-state index is 0.0537. The second kappa shape index (κ2) is 6.15. The number of carbonyl (C=O) groups is 2. The van der Waals surface area contributed by atoms with Gasteiger partial charge in [0.15, 0.2) is 9.84 Å². The summed E-state index contributed by atoms with van der Waals surface area (Å²) in [7, 11) is -1.49. The van der Waals surface area contributed by atoms with Crippen molar-refractivity contribution in [2.45, 2.75) is 12.5 Å². The molecule has 3 aliphatic heterocycles. The van der Waals surface area contributed by atoms with Gasteiger partial charge in [0.2, 0.25) is 0 Å². The fourth-order valence-electron chi connectivity index (χ4n) is 3.44. The highest BCUT2D eigenvalue weighted by Gasteiger charge is 2.45. The van der Waals surface area contributed by atoms with E-state index < -0.39 is 15.9 Å². The van der Waals surface area contributed by atoms with Crippen LogP contribution >= 0.6 is 39.9 Å². The Morgan fingerprint density at radius 3 is 2.65 bits per heavy atom. The molecule has 3 aliphatic rings. The van der Waals surface area contributed by atoms with Crippen molar-refractivity contribution in [2.75, 3.05) is 23.5 Å². The summed E-state index contributed by atoms with van der Waals surface area (Å²) in [5.41, 5.74) is 1.72. The largest absolute Gasteiger partial charge is 0.311 e. The minimum atomic E-state index is -3.15. The van der Waals surface area contributed by atoms with Crippen molar-refractivity contribution in [2.24, 2.45) is 0 Å². The first-order valence-electron chi connectivity index (χ1n) is 7.77. The van der Waals surface area contributed by atoms with Gasteiger partial charge in [-0.2, -0.15) is 0 Å². The number of halogens is 1. The molecule has 2 saturated heterocycles. The number of thiocarbonyl (C=S) groups is 1. The van der Waals surface area contributed by atoms with Gasteiger partial charge in [0, 0.05) is 17.1 Å². The molecule has 3 heterocycles. The third kappa shape index (κ3) is 2.74. The second-order valence-electron chi connectivity index (χ2n) is 6.33. The lowest BCUT2D eigenvalue weighted by Gasteiger charge is -2.21. The first kappa shape index (κ1) is 18.1. The van der Waals surface area contributed by atoms with Crippen molar-refractivity contribution in [3.8, 4) is 0 Å². The molecule has 0 spiro atoms. The third-order valence-electron chi connectivity index (χ3n) is 4.71. The van der Waals surface area contributed by atoms with Crippen LogP contribution in [0.1, 0.15) is 12.0 Å². The number of hydrogen-bond acceptors (Lipinski definition) is 6. The van der Waals surface area contributed by atoms with Crippen LogP contribution in [0.4, 0.5) is 5.69 Å². The number of carbonyl (C=O) groups excluding carboxylic acids is 2. The number of benzene rings is 1. The summed E-state index contributed by atoms with van der Waals surface area (Å²) in [6.07, 6.45) is 0.368. The average molecular weight is 473 g/mol. The van der Waals surface area contributed by atoms with E-state index in [9.17, 15) is 18.0 Å². The van der Waals surface area contributed by atoms with Crippen molar-refractivity contribution < 1.29 is 18.0 Å². The van der Waals surface area contributed by atoms with Crippen molar-refractivity contribution in [1.82, 2.24) is 4.90 Å². The van der Waals surface area contributed by atoms with Gasteiger partial charge in [0.05, 0.1) is 33.7 Å². The highest BCUT2D eigenvalue weighted by molar-refractivity contribution is 9.10. The summed E-state index contributed by atoms with van der Waals surface area (Å²) >= 11 is 9.81. The zero-order valence-electron chi connectivity index (χ0n) is 13.6. The molecule has 1 aromatic carbocycles. The van der Waals surface area contributed by atoms with Gasteiger partial charge < -0.3 is 4.90 Å². The minimum Gasteiger partial charge on any atom is -0.311 e. The number of hydrogen-bond donors (Lipinski definition) is 0. The van der Waals surface area contributed by atoms with Crippen LogP contribution in [0.25, 0.3) is 5.57 Å². The van der Waals surface area contributed by atoms with E-state index in [0.29, 0.717) is 21.9 Å². The molecular formula is C16H13BrN2O4S3. The van der Waals surface area contributed by atoms with Crippen molar-refractivity contribution in [3.63, 3.8) is 0 Å². The lowest BCUT2D eigenvalue weighted by Crippen LogP contribution is -2.39. The van der Waals surface area contributed by atoms with Crippen LogP contribution in [-0.2, 0) is 19.4 Å². The molecular weight excluding hydrogens is 460 g/mol. The quantitative estimate of drug-likeness (QED) is 0.460. The van der Waals surface area contributed by atoms with E-state index in [4.69, 9.17) is 12.2 Å². The van der Waals surface area contributed by atoms with Crippen LogP contribution in [0.3, 0.4) is 0 Å². The van der Waals surface area contributed by atoms with Crippen molar-refractivity contribution in [3.05, 3.63) is 33.1 Å². The number of fused-ring (bicyclic) bond motifs is 1. The predicted molar refractivity (Wildman–Crippen MR) is 109 cm³/mol. The Morgan fingerprint density at radius 1 is 1.27 bits per heavy atom. The van der Waals surface area contributed by atoms with Gasteiger partial charge in [-0.15, -0.1) is 0 Å². The zero-order chi connectivity index (χ0) is 18.8. The normalized spacial score (nSPS) is 27.6. The molecule has 0 saturated carbocycles. The summed E-state index contributed by atoms with van der Waals surface area (Å²) in [5.74, 6) is -0.680. The molecule has 6 nitrogen and oxygen atoms in total. The molecule has 0 aliphatic carbocycles. The van der Waals surface area contributed by atoms with Crippen molar-refractivity contribution >= 4 is 77.1 Å². The third-order valence-corrected chi connectivity index (χ3v) is 8.35. The van der Waals surface area contributed by atoms with E-state index in [0.717, 1.165) is 21.9 Å². The SMILES string of the molecule is CN1C(=O)/C(=C2\SC(=S)N([C@H]3CCS(=O)(=O)C3)C2=O)c2cc(Br)ccc21. The van der Waals surface area contributed by atoms with Crippen LogP contribution in [0.2, 0.25) is 0 Å². The molecule has 0 aromatic heterocycles. The average Bonchev–Trinajstić information content (AvgIpc) is 3.13. The monoisotopic (exact) mass is 472 g/mol. The van der Waals surface area contributed by atoms with Gasteiger partial charge in [0.1, 0.15) is 4.32 Å². The van der Waals surface area contributed by atoms with E-state index in [1.807, 2.05) is 12.1 Å². The number of rotatable bonds is 1. The smallest absolute Gasteiger partial charge is 0.267 e. The molecule has 26 heavy (non-hydrogen) atoms. The van der Waals surface area contributed by atoms with E-state index in [1.54, 1.807) is 13.1 Å². The number of likely N-dealkylation sites (N-methyl/N-ethyl adjacent to an activating group) is 1. The van der Waals surface area contributed by atoms with E-state index in [-0.39, 0.29) is 28.2 Å². The number of amides is 2. The van der Waals surface area contributed by atoms with Gasteiger partial charge in [-0.1, -0.05) is 39.9 Å². The van der Waals surface area contributed by atoms with Crippen LogP contribution in [0.15, 0.2) is 27.6 Å². The maximum absolute atomic E-state index is 13.0. The number of sulfone groups is 1. The fourth-order valence-corrected chi connectivity index (χ4v) is 6.97. The molecule has 4 rings (SSSR count). The number of anilines is 1. The highest BCUT2D eigenvalue weighted by atomic mass is 79.9. The highest BCUT2D eigenvalue weighted by Crippen LogP contribution is 2.45. The molecule has 10 heteroatoms. The zero-order valence-corrected chi connectivity index (χ0v) is 17.6. The van der Waals surface area contributed by atoms with Gasteiger partial charge >= 0.3 is 0 Å². The van der Waals surface area contributed by atoms with Crippen molar-refractivity contribution in [1.29, 1.82) is 0 Å². The van der Waals surface area contributed by atoms with Gasteiger partial charge in [0.25, 0.3) is 11.8 Å². The summed E-state index contributed by atoms with van der Waals surface area (Å²) in [6, 6.07) is 5.00. The number of thioether (sulfide) groups is 1. The van der Waals surface area contributed by atoms with Crippen LogP contribution in [0, 0.1) is 0 Å². The molecule has 0 bridgehead atoms. The summed E-state index contributed by atoms with van der Waals surface area (Å²) in [4.78, 5) is 28.9. The van der Waals surface area contributed by atoms with E-state index >= 15 is 0 Å². The first-order valence-corrected chi connectivity index (χ1v) is 11.6. The topological polar surface area (TPSA) is 74.8 Å². The standard InChI is InChI=1S/C16H13BrN2O4S3/c1-18-11-3-2-8(17)6-10(11)12(14(18)20)13-15(21)19(16(24)25-13)9-4-5-26(22,23)7-9/h2-3,6,9H,4-5,7H2,1H3/b13-12-/t9-/m0/s1. The van der Waals surface area contributed by atoms with E-state index in [2.05, 4.69) is 15.9 Å². The Labute approximate surface area is 168 Å². The second-order valence-corrected chi connectivity index (χ2v) is 11.1. The first-order chi connectivity index (χ1) is 12.2. The molecule has 0 unspecified atom stereocenters. The Balaban J connectivity index is 1.80. The van der Waals surface area contributed by atoms with Crippen LogP contribution in [-0.4, -0.2) is 54.0 Å². The lowest BCUT2D eigenvalue weighted by atomic mass is 10.1. The maximum atomic E-state index is 13.0. The Hall–Kier alpha value is -1.23. The Morgan fingerprint density at radius 2 is 2.00 bits per heavy atom. The fraction of sp³-hybridized carbons (Fsp3) is 0.312. The maximum Gasteiger partial charge on any atom is 0.267 e. The summed E-state index contributed by atoms with van der Waals surface area (Å²) in [5, 5.41) is 0. The van der Waals surface area contributed by atoms with Gasteiger partial charge in [-0.05, 0) is 24.6 Å². The van der Waals surface area contributed by atoms with Gasteiger partial charge in [-0.25, -0.2) is 8.42 Å².